The van der Waals surface area contributed by atoms with Crippen LogP contribution in [0.3, 0.4) is 0 Å². The molecule has 1 aromatic rings. The summed E-state index contributed by atoms with van der Waals surface area (Å²) in [6.45, 7) is 2.62. The predicted octanol–water partition coefficient (Wildman–Crippen LogP) is 2.46. The fourth-order valence-corrected chi connectivity index (χ4v) is 1.71. The van der Waals surface area contributed by atoms with E-state index >= 15 is 0 Å². The number of cyclic esters (lactones) is 1. The van der Waals surface area contributed by atoms with E-state index < -0.39 is 0 Å². The summed E-state index contributed by atoms with van der Waals surface area (Å²) in [5, 5.41) is 0. The lowest BCUT2D eigenvalue weighted by Gasteiger charge is -2.10. The molecule has 0 bridgehead atoms. The maximum Gasteiger partial charge on any atom is 0.306 e. The molecule has 0 spiro atoms. The molecule has 0 aliphatic carbocycles. The lowest BCUT2D eigenvalue weighted by atomic mass is 10.1. The fraction of sp³-hybridized carbons (Fsp3) is 0.417. The van der Waals surface area contributed by atoms with Crippen molar-refractivity contribution in [1.29, 1.82) is 0 Å². The lowest BCUT2D eigenvalue weighted by molar-refractivity contribution is -0.141. The van der Waals surface area contributed by atoms with Crippen LogP contribution < -0.4 is 4.74 Å². The average molecular weight is 206 g/mol. The largest absolute Gasteiger partial charge is 0.494 e. The van der Waals surface area contributed by atoms with E-state index in [0.29, 0.717) is 13.0 Å². The van der Waals surface area contributed by atoms with Gasteiger partial charge in [-0.1, -0.05) is 12.1 Å². The summed E-state index contributed by atoms with van der Waals surface area (Å²) in [6.07, 6.45) is 1.25. The first-order chi connectivity index (χ1) is 7.29. The SMILES string of the molecule is CCOc1ccc([C@@H]2CCC(=O)O2)cc1. The minimum absolute atomic E-state index is 0.0619. The van der Waals surface area contributed by atoms with Crippen molar-refractivity contribution in [3.63, 3.8) is 0 Å². The molecule has 1 aliphatic rings. The van der Waals surface area contributed by atoms with Crippen LogP contribution in [0.15, 0.2) is 24.3 Å². The van der Waals surface area contributed by atoms with Crippen LogP contribution in [0.4, 0.5) is 0 Å². The fourth-order valence-electron chi connectivity index (χ4n) is 1.71. The van der Waals surface area contributed by atoms with Crippen molar-refractivity contribution in [3.05, 3.63) is 29.8 Å². The van der Waals surface area contributed by atoms with Gasteiger partial charge >= 0.3 is 5.97 Å². The van der Waals surface area contributed by atoms with Gasteiger partial charge in [0.05, 0.1) is 6.61 Å². The zero-order chi connectivity index (χ0) is 10.7. The molecule has 15 heavy (non-hydrogen) atoms. The molecule has 1 saturated heterocycles. The van der Waals surface area contributed by atoms with Gasteiger partial charge in [0.25, 0.3) is 0 Å². The van der Waals surface area contributed by atoms with Gasteiger partial charge in [0.2, 0.25) is 0 Å². The van der Waals surface area contributed by atoms with Gasteiger partial charge in [0.15, 0.2) is 0 Å². The number of hydrogen-bond acceptors (Lipinski definition) is 3. The van der Waals surface area contributed by atoms with E-state index in [1.165, 1.54) is 0 Å². The quantitative estimate of drug-likeness (QED) is 0.713. The summed E-state index contributed by atoms with van der Waals surface area (Å²) in [5.74, 6) is 0.749. The van der Waals surface area contributed by atoms with E-state index in [9.17, 15) is 4.79 Å². The summed E-state index contributed by atoms with van der Waals surface area (Å²) >= 11 is 0. The second-order valence-electron chi connectivity index (χ2n) is 3.52. The van der Waals surface area contributed by atoms with E-state index in [0.717, 1.165) is 17.7 Å². The molecule has 0 radical (unpaired) electrons. The number of ether oxygens (including phenoxy) is 2. The molecule has 1 atom stereocenters. The zero-order valence-corrected chi connectivity index (χ0v) is 8.73. The summed E-state index contributed by atoms with van der Waals surface area (Å²) in [7, 11) is 0. The molecule has 80 valence electrons. The minimum atomic E-state index is -0.103. The number of carbonyl (C=O) groups excluding carboxylic acids is 1. The Balaban J connectivity index is 2.06. The molecule has 0 saturated carbocycles. The van der Waals surface area contributed by atoms with Crippen molar-refractivity contribution in [2.24, 2.45) is 0 Å². The topological polar surface area (TPSA) is 35.5 Å². The molecule has 1 heterocycles. The standard InChI is InChI=1S/C12H14O3/c1-2-14-10-5-3-9(4-6-10)11-7-8-12(13)15-11/h3-6,11H,2,7-8H2,1H3/t11-/m0/s1. The van der Waals surface area contributed by atoms with Gasteiger partial charge in [-0.15, -0.1) is 0 Å². The van der Waals surface area contributed by atoms with Crippen molar-refractivity contribution in [2.45, 2.75) is 25.9 Å². The maximum atomic E-state index is 10.9. The monoisotopic (exact) mass is 206 g/mol. The number of carbonyl (C=O) groups is 1. The van der Waals surface area contributed by atoms with Gasteiger partial charge in [0.1, 0.15) is 11.9 Å². The number of hydrogen-bond donors (Lipinski definition) is 0. The third kappa shape index (κ3) is 2.29. The number of rotatable bonds is 3. The van der Waals surface area contributed by atoms with Gasteiger partial charge in [-0.2, -0.15) is 0 Å². The summed E-state index contributed by atoms with van der Waals surface area (Å²) in [6, 6.07) is 7.72. The van der Waals surface area contributed by atoms with Gasteiger partial charge in [-0.3, -0.25) is 4.79 Å². The molecule has 2 rings (SSSR count). The van der Waals surface area contributed by atoms with Crippen molar-refractivity contribution >= 4 is 5.97 Å². The molecule has 1 aromatic carbocycles. The minimum Gasteiger partial charge on any atom is -0.494 e. The average Bonchev–Trinajstić information content (AvgIpc) is 2.67. The lowest BCUT2D eigenvalue weighted by Crippen LogP contribution is -1.98. The van der Waals surface area contributed by atoms with E-state index in [1.54, 1.807) is 0 Å². The Morgan fingerprint density at radius 2 is 2.13 bits per heavy atom. The predicted molar refractivity (Wildman–Crippen MR) is 55.7 cm³/mol. The summed E-state index contributed by atoms with van der Waals surface area (Å²) < 4.78 is 10.5. The van der Waals surface area contributed by atoms with Crippen LogP contribution in [-0.4, -0.2) is 12.6 Å². The molecule has 0 aromatic heterocycles. The van der Waals surface area contributed by atoms with Gasteiger partial charge in [-0.05, 0) is 31.0 Å². The highest BCUT2D eigenvalue weighted by Crippen LogP contribution is 2.30. The highest BCUT2D eigenvalue weighted by atomic mass is 16.5. The Morgan fingerprint density at radius 3 is 2.67 bits per heavy atom. The Kier molecular flexibility index (Phi) is 2.90. The van der Waals surface area contributed by atoms with Crippen LogP contribution >= 0.6 is 0 Å². The third-order valence-electron chi connectivity index (χ3n) is 2.45. The maximum absolute atomic E-state index is 10.9. The van der Waals surface area contributed by atoms with Gasteiger partial charge in [0, 0.05) is 6.42 Å². The van der Waals surface area contributed by atoms with E-state index in [-0.39, 0.29) is 12.1 Å². The van der Waals surface area contributed by atoms with Crippen LogP contribution in [0.5, 0.6) is 5.75 Å². The molecular formula is C12H14O3. The number of benzene rings is 1. The first-order valence-corrected chi connectivity index (χ1v) is 5.22. The highest BCUT2D eigenvalue weighted by Gasteiger charge is 2.24. The molecule has 1 aliphatic heterocycles. The second-order valence-corrected chi connectivity index (χ2v) is 3.52. The summed E-state index contributed by atoms with van der Waals surface area (Å²) in [5.41, 5.74) is 1.05. The highest BCUT2D eigenvalue weighted by molar-refractivity contribution is 5.71. The van der Waals surface area contributed by atoms with Crippen molar-refractivity contribution in [2.75, 3.05) is 6.61 Å². The molecule has 0 amide bonds. The second kappa shape index (κ2) is 4.34. The zero-order valence-electron chi connectivity index (χ0n) is 8.73. The smallest absolute Gasteiger partial charge is 0.306 e. The molecule has 1 fully saturated rings. The molecular weight excluding hydrogens is 192 g/mol. The normalized spacial score (nSPS) is 20.1. The van der Waals surface area contributed by atoms with Crippen LogP contribution in [0.2, 0.25) is 0 Å². The molecule has 0 unspecified atom stereocenters. The Hall–Kier alpha value is -1.51. The van der Waals surface area contributed by atoms with Gasteiger partial charge in [-0.25, -0.2) is 0 Å². The first-order valence-electron chi connectivity index (χ1n) is 5.22. The first kappa shape index (κ1) is 10.0. The van der Waals surface area contributed by atoms with Gasteiger partial charge < -0.3 is 9.47 Å². The molecule has 3 heteroatoms. The van der Waals surface area contributed by atoms with Crippen LogP contribution in [0.25, 0.3) is 0 Å². The summed E-state index contributed by atoms with van der Waals surface area (Å²) in [4.78, 5) is 10.9. The Morgan fingerprint density at radius 1 is 1.40 bits per heavy atom. The van der Waals surface area contributed by atoms with E-state index in [4.69, 9.17) is 9.47 Å². The van der Waals surface area contributed by atoms with Crippen molar-refractivity contribution in [1.82, 2.24) is 0 Å². The van der Waals surface area contributed by atoms with Crippen LogP contribution in [0, 0.1) is 0 Å². The van der Waals surface area contributed by atoms with Crippen molar-refractivity contribution < 1.29 is 14.3 Å². The van der Waals surface area contributed by atoms with E-state index in [1.807, 2.05) is 31.2 Å². The third-order valence-corrected chi connectivity index (χ3v) is 2.45. The Labute approximate surface area is 89.0 Å². The molecule has 0 N–H and O–H groups in total. The Bertz CT molecular complexity index is 342. The van der Waals surface area contributed by atoms with Crippen LogP contribution in [0.1, 0.15) is 31.4 Å². The number of esters is 1. The van der Waals surface area contributed by atoms with Crippen molar-refractivity contribution in [3.8, 4) is 5.75 Å². The van der Waals surface area contributed by atoms with E-state index in [2.05, 4.69) is 0 Å². The molecule has 3 nitrogen and oxygen atoms in total. The van der Waals surface area contributed by atoms with Crippen LogP contribution in [-0.2, 0) is 9.53 Å².